The van der Waals surface area contributed by atoms with Crippen LogP contribution in [0, 0.1) is 10.8 Å². The van der Waals surface area contributed by atoms with E-state index in [0.717, 1.165) is 26.1 Å². The molecule has 1 aromatic rings. The Bertz CT molecular complexity index is 691. The van der Waals surface area contributed by atoms with Gasteiger partial charge in [-0.1, -0.05) is 44.2 Å². The number of benzene rings is 1. The predicted molar refractivity (Wildman–Crippen MR) is 104 cm³/mol. The molecule has 2 fully saturated rings. The van der Waals surface area contributed by atoms with Crippen molar-refractivity contribution in [1.82, 2.24) is 15.1 Å². The second-order valence-corrected chi connectivity index (χ2v) is 9.01. The summed E-state index contributed by atoms with van der Waals surface area (Å²) in [7, 11) is 0. The fourth-order valence-electron chi connectivity index (χ4n) is 4.26. The summed E-state index contributed by atoms with van der Waals surface area (Å²) in [6, 6.07) is 10.4. The molecule has 2 aliphatic rings. The highest BCUT2D eigenvalue weighted by Crippen LogP contribution is 2.32. The number of likely N-dealkylation sites (tertiary alicyclic amines) is 2. The molecular formula is C21H31N3O3. The molecule has 27 heavy (non-hydrogen) atoms. The third-order valence-corrected chi connectivity index (χ3v) is 6.13. The zero-order valence-corrected chi connectivity index (χ0v) is 16.6. The normalized spacial score (nSPS) is 28.1. The molecule has 0 radical (unpaired) electrons. The first kappa shape index (κ1) is 19.7. The van der Waals surface area contributed by atoms with Gasteiger partial charge in [-0.15, -0.1) is 0 Å². The van der Waals surface area contributed by atoms with Gasteiger partial charge in [0.2, 0.25) is 0 Å². The monoisotopic (exact) mass is 373 g/mol. The Morgan fingerprint density at radius 1 is 1.15 bits per heavy atom. The number of hydrogen-bond acceptors (Lipinski definition) is 3. The van der Waals surface area contributed by atoms with E-state index in [9.17, 15) is 14.7 Å². The van der Waals surface area contributed by atoms with E-state index in [2.05, 4.69) is 48.3 Å². The number of carboxylic acid groups (broad SMARTS) is 1. The van der Waals surface area contributed by atoms with Gasteiger partial charge in [-0.05, 0) is 30.7 Å². The van der Waals surface area contributed by atoms with Crippen molar-refractivity contribution in [3.8, 4) is 0 Å². The molecule has 6 heteroatoms. The van der Waals surface area contributed by atoms with Gasteiger partial charge in [0, 0.05) is 38.8 Å². The van der Waals surface area contributed by atoms with Crippen LogP contribution in [0.15, 0.2) is 30.3 Å². The summed E-state index contributed by atoms with van der Waals surface area (Å²) in [6.07, 6.45) is 1.41. The lowest BCUT2D eigenvalue weighted by molar-refractivity contribution is -0.147. The minimum absolute atomic E-state index is 0.0431. The standard InChI is InChI=1S/C21H31N3O3/c1-20(2)14-23(13-16-7-5-4-6-8-16)11-9-17(20)22-19(27)24-12-10-21(3,15-24)18(25)26/h4-8,17H,9-15H2,1-3H3,(H,22,27)(H,25,26). The summed E-state index contributed by atoms with van der Waals surface area (Å²) in [4.78, 5) is 28.2. The molecule has 0 saturated carbocycles. The van der Waals surface area contributed by atoms with Crippen LogP contribution in [0.5, 0.6) is 0 Å². The van der Waals surface area contributed by atoms with Gasteiger partial charge in [-0.3, -0.25) is 9.69 Å². The number of rotatable bonds is 4. The van der Waals surface area contributed by atoms with Crippen LogP contribution in [0.3, 0.4) is 0 Å². The fourth-order valence-corrected chi connectivity index (χ4v) is 4.26. The van der Waals surface area contributed by atoms with Crippen LogP contribution in [-0.4, -0.2) is 59.1 Å². The molecule has 0 bridgehead atoms. The SMILES string of the molecule is CC1(C(=O)O)CCN(C(=O)NC2CCN(Cc3ccccc3)CC2(C)C)C1. The van der Waals surface area contributed by atoms with Gasteiger partial charge in [0.25, 0.3) is 0 Å². The van der Waals surface area contributed by atoms with E-state index in [1.807, 2.05) is 6.07 Å². The highest BCUT2D eigenvalue weighted by Gasteiger charge is 2.43. The molecule has 2 atom stereocenters. The molecule has 2 unspecified atom stereocenters. The Morgan fingerprint density at radius 2 is 1.85 bits per heavy atom. The molecule has 0 aromatic heterocycles. The third kappa shape index (κ3) is 4.43. The Labute approximate surface area is 161 Å². The fraction of sp³-hybridized carbons (Fsp3) is 0.619. The first-order valence-electron chi connectivity index (χ1n) is 9.75. The lowest BCUT2D eigenvalue weighted by Gasteiger charge is -2.45. The summed E-state index contributed by atoms with van der Waals surface area (Å²) >= 11 is 0. The first-order chi connectivity index (χ1) is 12.7. The van der Waals surface area contributed by atoms with Crippen LogP contribution in [0.2, 0.25) is 0 Å². The number of carboxylic acids is 1. The molecule has 2 saturated heterocycles. The molecule has 2 N–H and O–H groups in total. The average molecular weight is 373 g/mol. The van der Waals surface area contributed by atoms with Crippen molar-refractivity contribution >= 4 is 12.0 Å². The largest absolute Gasteiger partial charge is 0.481 e. The third-order valence-electron chi connectivity index (χ3n) is 6.13. The second kappa shape index (κ2) is 7.50. The molecule has 0 aliphatic carbocycles. The van der Waals surface area contributed by atoms with Crippen LogP contribution in [0.25, 0.3) is 0 Å². The lowest BCUT2D eigenvalue weighted by Crippen LogP contribution is -2.57. The van der Waals surface area contributed by atoms with Crippen LogP contribution in [0.4, 0.5) is 4.79 Å². The maximum absolute atomic E-state index is 12.7. The van der Waals surface area contributed by atoms with E-state index < -0.39 is 11.4 Å². The molecule has 148 valence electrons. The van der Waals surface area contributed by atoms with Crippen LogP contribution in [0.1, 0.15) is 39.2 Å². The van der Waals surface area contributed by atoms with Gasteiger partial charge in [0.1, 0.15) is 0 Å². The van der Waals surface area contributed by atoms with Crippen molar-refractivity contribution in [2.75, 3.05) is 26.2 Å². The number of nitrogens with one attached hydrogen (secondary N) is 1. The number of carbonyl (C=O) groups is 2. The number of piperidine rings is 1. The Kier molecular flexibility index (Phi) is 5.47. The molecule has 2 heterocycles. The zero-order chi connectivity index (χ0) is 19.7. The van der Waals surface area contributed by atoms with Gasteiger partial charge >= 0.3 is 12.0 Å². The Balaban J connectivity index is 1.55. The molecule has 0 spiro atoms. The van der Waals surface area contributed by atoms with E-state index in [-0.39, 0.29) is 24.0 Å². The van der Waals surface area contributed by atoms with E-state index in [4.69, 9.17) is 0 Å². The predicted octanol–water partition coefficient (Wildman–Crippen LogP) is 2.79. The minimum Gasteiger partial charge on any atom is -0.481 e. The number of urea groups is 1. The van der Waals surface area contributed by atoms with Crippen molar-refractivity contribution in [2.24, 2.45) is 10.8 Å². The Morgan fingerprint density at radius 3 is 2.44 bits per heavy atom. The highest BCUT2D eigenvalue weighted by molar-refractivity contribution is 5.79. The lowest BCUT2D eigenvalue weighted by atomic mass is 9.79. The highest BCUT2D eigenvalue weighted by atomic mass is 16.4. The molecule has 2 amide bonds. The maximum Gasteiger partial charge on any atom is 0.317 e. The number of nitrogens with zero attached hydrogens (tertiary/aromatic N) is 2. The van der Waals surface area contributed by atoms with E-state index in [0.29, 0.717) is 13.0 Å². The van der Waals surface area contributed by atoms with Gasteiger partial charge in [-0.2, -0.15) is 0 Å². The molecular weight excluding hydrogens is 342 g/mol. The van der Waals surface area contributed by atoms with Gasteiger partial charge < -0.3 is 15.3 Å². The van der Waals surface area contributed by atoms with Crippen molar-refractivity contribution in [3.05, 3.63) is 35.9 Å². The molecule has 6 nitrogen and oxygen atoms in total. The summed E-state index contributed by atoms with van der Waals surface area (Å²) in [5, 5.41) is 12.5. The van der Waals surface area contributed by atoms with Crippen molar-refractivity contribution in [1.29, 1.82) is 0 Å². The first-order valence-corrected chi connectivity index (χ1v) is 9.75. The maximum atomic E-state index is 12.7. The topological polar surface area (TPSA) is 72.9 Å². The smallest absolute Gasteiger partial charge is 0.317 e. The van der Waals surface area contributed by atoms with E-state index >= 15 is 0 Å². The van der Waals surface area contributed by atoms with Crippen molar-refractivity contribution < 1.29 is 14.7 Å². The van der Waals surface area contributed by atoms with Gasteiger partial charge in [-0.25, -0.2) is 4.79 Å². The van der Waals surface area contributed by atoms with E-state index in [1.165, 1.54) is 5.56 Å². The molecule has 3 rings (SSSR count). The summed E-state index contributed by atoms with van der Waals surface area (Å²) in [5.41, 5.74) is 0.436. The summed E-state index contributed by atoms with van der Waals surface area (Å²) < 4.78 is 0. The number of amides is 2. The number of aliphatic carboxylic acids is 1. The quantitative estimate of drug-likeness (QED) is 0.851. The van der Waals surface area contributed by atoms with Crippen molar-refractivity contribution in [2.45, 2.75) is 46.2 Å². The van der Waals surface area contributed by atoms with Gasteiger partial charge in [0.05, 0.1) is 5.41 Å². The molecule has 1 aromatic carbocycles. The summed E-state index contributed by atoms with van der Waals surface area (Å²) in [5.74, 6) is -0.827. The van der Waals surface area contributed by atoms with Crippen LogP contribution < -0.4 is 5.32 Å². The second-order valence-electron chi connectivity index (χ2n) is 9.01. The molecule has 2 aliphatic heterocycles. The van der Waals surface area contributed by atoms with E-state index in [1.54, 1.807) is 11.8 Å². The van der Waals surface area contributed by atoms with Crippen LogP contribution in [-0.2, 0) is 11.3 Å². The number of hydrogen-bond donors (Lipinski definition) is 2. The van der Waals surface area contributed by atoms with Gasteiger partial charge in [0.15, 0.2) is 0 Å². The Hall–Kier alpha value is -2.08. The number of carbonyl (C=O) groups excluding carboxylic acids is 1. The summed E-state index contributed by atoms with van der Waals surface area (Å²) in [6.45, 7) is 9.67. The van der Waals surface area contributed by atoms with Crippen molar-refractivity contribution in [3.63, 3.8) is 0 Å². The zero-order valence-electron chi connectivity index (χ0n) is 16.6. The minimum atomic E-state index is -0.827. The van der Waals surface area contributed by atoms with Crippen LogP contribution >= 0.6 is 0 Å². The average Bonchev–Trinajstić information content (AvgIpc) is 3.02.